The van der Waals surface area contributed by atoms with Crippen molar-refractivity contribution >= 4 is 59.2 Å². The van der Waals surface area contributed by atoms with Gasteiger partial charge in [-0.25, -0.2) is 0 Å². The first-order valence-electron chi connectivity index (χ1n) is 26.0. The molecule has 77 heavy (non-hydrogen) atoms. The van der Waals surface area contributed by atoms with E-state index in [9.17, 15) is 33.6 Å². The number of carbonyl (C=O) groups is 9. The van der Waals surface area contributed by atoms with Crippen LogP contribution in [0.5, 0.6) is 17.2 Å². The van der Waals surface area contributed by atoms with Crippen LogP contribution >= 0.6 is 0 Å². The van der Waals surface area contributed by atoms with E-state index in [4.69, 9.17) is 42.6 Å². The standard InChI is InChI=1S/C57H68N2O18/c1-27(2)14-13-21-55(12)22-20-36-44(75-55)35(16-15-28(3)4)46-42(45(36)74-53-49(72-33(9)63)48(71-32(8)62)47(70-31(7)61)39(73-53)26-69-30(6)60)43(65)37-24-34-25-40-54(10,11)77-56(50(34)66,57(37,40)76-46)23-19-29(5)51(67)58-38-17-18-41(64)59-52(38)68/h14-15,19-20,22,24,34,38-40,47-49,53H,13,16-18,21,23,25-26H2,1-12H3,(H,58,67)(H,59,64,68)/b29-19-/t34?,38?,39-,40?,47-,48-,49-,53+,55?,56?,57?/m1/s1. The third kappa shape index (κ3) is 10.5. The van der Waals surface area contributed by atoms with Crippen LogP contribution in [0.3, 0.4) is 0 Å². The van der Waals surface area contributed by atoms with Gasteiger partial charge in [0.15, 0.2) is 35.0 Å². The van der Waals surface area contributed by atoms with E-state index in [2.05, 4.69) is 16.7 Å². The number of allylic oxidation sites excluding steroid dienone is 5. The van der Waals surface area contributed by atoms with E-state index in [1.54, 1.807) is 12.2 Å². The molecule has 5 aliphatic heterocycles. The molecule has 20 nitrogen and oxygen atoms in total. The molecule has 2 N–H and O–H groups in total. The summed E-state index contributed by atoms with van der Waals surface area (Å²) in [5.41, 5.74) is -2.97. The van der Waals surface area contributed by atoms with Gasteiger partial charge in [-0.05, 0) is 99.6 Å². The van der Waals surface area contributed by atoms with Crippen molar-refractivity contribution in [1.29, 1.82) is 0 Å². The van der Waals surface area contributed by atoms with Gasteiger partial charge in [0.2, 0.25) is 30.1 Å². The Labute approximate surface area is 446 Å². The Balaban J connectivity index is 1.34. The Morgan fingerprint density at radius 2 is 1.47 bits per heavy atom. The van der Waals surface area contributed by atoms with E-state index in [0.29, 0.717) is 18.4 Å². The lowest BCUT2D eigenvalue weighted by Gasteiger charge is -2.56. The van der Waals surface area contributed by atoms with Crippen molar-refractivity contribution in [3.8, 4) is 17.2 Å². The highest BCUT2D eigenvalue weighted by Crippen LogP contribution is 2.69. The molecule has 4 fully saturated rings. The third-order valence-corrected chi connectivity index (χ3v) is 15.2. The highest BCUT2D eigenvalue weighted by atomic mass is 16.7. The van der Waals surface area contributed by atoms with E-state index in [1.165, 1.54) is 13.0 Å². The number of ketones is 2. The number of ether oxygens (including phenoxy) is 9. The molecule has 414 valence electrons. The summed E-state index contributed by atoms with van der Waals surface area (Å²) in [5.74, 6) is -7.37. The molecule has 0 radical (unpaired) electrons. The van der Waals surface area contributed by atoms with Gasteiger partial charge < -0.3 is 47.9 Å². The minimum absolute atomic E-state index is 0.00823. The molecule has 1 saturated carbocycles. The molecule has 8 aliphatic rings. The molecule has 0 aromatic heterocycles. The van der Waals surface area contributed by atoms with E-state index in [1.807, 2.05) is 60.6 Å². The number of benzene rings is 1. The van der Waals surface area contributed by atoms with Crippen molar-refractivity contribution in [2.75, 3.05) is 6.61 Å². The Morgan fingerprint density at radius 3 is 2.10 bits per heavy atom. The second-order valence-electron chi connectivity index (χ2n) is 22.1. The lowest BCUT2D eigenvalue weighted by Crippen LogP contribution is -2.72. The second kappa shape index (κ2) is 21.1. The molecular formula is C57H68N2O18. The van der Waals surface area contributed by atoms with Gasteiger partial charge in [0.1, 0.15) is 47.2 Å². The van der Waals surface area contributed by atoms with E-state index in [0.717, 1.165) is 38.8 Å². The van der Waals surface area contributed by atoms with Crippen LogP contribution < -0.4 is 24.8 Å². The number of imide groups is 1. The maximum absolute atomic E-state index is 16.3. The smallest absolute Gasteiger partial charge is 0.303 e. The van der Waals surface area contributed by atoms with Crippen molar-refractivity contribution in [3.63, 3.8) is 0 Å². The fourth-order valence-corrected chi connectivity index (χ4v) is 11.8. The van der Waals surface area contributed by atoms with Crippen LogP contribution in [0.4, 0.5) is 0 Å². The Kier molecular flexibility index (Phi) is 15.4. The number of nitrogens with one attached hydrogen (secondary N) is 2. The van der Waals surface area contributed by atoms with Crippen LogP contribution in [0, 0.1) is 11.8 Å². The lowest BCUT2D eigenvalue weighted by molar-refractivity contribution is -0.288. The minimum atomic E-state index is -1.90. The van der Waals surface area contributed by atoms with Crippen molar-refractivity contribution < 1.29 is 85.8 Å². The molecule has 3 aliphatic carbocycles. The zero-order valence-corrected chi connectivity index (χ0v) is 45.6. The monoisotopic (exact) mass is 1070 g/mol. The van der Waals surface area contributed by atoms with E-state index in [-0.39, 0.29) is 77.4 Å². The number of carbonyl (C=O) groups excluding carboxylic acids is 9. The molecule has 1 spiro atoms. The number of Topliss-reactive ketones (excluding diaryl/α,β-unsaturated/α-hetero) is 2. The molecule has 11 atom stereocenters. The molecule has 5 heterocycles. The fraction of sp³-hybridized carbons (Fsp3) is 0.561. The van der Waals surface area contributed by atoms with Crippen LogP contribution in [-0.4, -0.2) is 119 Å². The molecule has 3 saturated heterocycles. The quantitative estimate of drug-likeness (QED) is 0.0648. The topological polar surface area (TPSA) is 261 Å². The normalized spacial score (nSPS) is 31.1. The third-order valence-electron chi connectivity index (χ3n) is 15.2. The zero-order valence-electron chi connectivity index (χ0n) is 45.6. The summed E-state index contributed by atoms with van der Waals surface area (Å²) < 4.78 is 57.7. The van der Waals surface area contributed by atoms with Crippen LogP contribution in [0.15, 0.2) is 52.7 Å². The Hall–Kier alpha value is -6.93. The van der Waals surface area contributed by atoms with Gasteiger partial charge in [-0.3, -0.25) is 48.5 Å². The number of amides is 3. The average molecular weight is 1070 g/mol. The van der Waals surface area contributed by atoms with Crippen LogP contribution in [0.25, 0.3) is 6.08 Å². The summed E-state index contributed by atoms with van der Waals surface area (Å²) in [6, 6.07) is -0.970. The van der Waals surface area contributed by atoms with E-state index >= 15 is 9.59 Å². The second-order valence-corrected chi connectivity index (χ2v) is 22.1. The van der Waals surface area contributed by atoms with Crippen molar-refractivity contribution in [2.24, 2.45) is 11.8 Å². The van der Waals surface area contributed by atoms with Crippen LogP contribution in [0.1, 0.15) is 143 Å². The first-order chi connectivity index (χ1) is 36.1. The summed E-state index contributed by atoms with van der Waals surface area (Å²) in [4.78, 5) is 121. The minimum Gasteiger partial charge on any atom is -0.482 e. The summed E-state index contributed by atoms with van der Waals surface area (Å²) in [6.45, 7) is 18.8. The SMILES string of the molecule is CC(=O)OC[C@H]1O[C@@H](Oc2c3c(c(CC=C(C)C)c4c2C(=O)C2=CC5CC6C(C)(C)OC(C/C=C(/C)C(=O)NC7CCC(=O)NC7=O)(C5=O)C26O4)OC(C)(CCC=C(C)C)C=C3)[C@H](OC(C)=O)[C@H](OC(C)=O)[C@@H]1OC(C)=O. The van der Waals surface area contributed by atoms with Crippen molar-refractivity contribution in [3.05, 3.63) is 69.4 Å². The van der Waals surface area contributed by atoms with Gasteiger partial charge in [0.05, 0.1) is 11.2 Å². The van der Waals surface area contributed by atoms with Gasteiger partial charge >= 0.3 is 23.9 Å². The number of esters is 4. The van der Waals surface area contributed by atoms with Gasteiger partial charge in [0, 0.05) is 69.1 Å². The molecule has 1 aromatic rings. The maximum atomic E-state index is 16.3. The van der Waals surface area contributed by atoms with Crippen molar-refractivity contribution in [1.82, 2.24) is 10.6 Å². The highest BCUT2D eigenvalue weighted by Gasteiger charge is 2.81. The van der Waals surface area contributed by atoms with Crippen molar-refractivity contribution in [2.45, 2.75) is 187 Å². The Bertz CT molecular complexity index is 2880. The Morgan fingerprint density at radius 1 is 0.805 bits per heavy atom. The molecule has 1 aromatic carbocycles. The molecule has 3 amide bonds. The van der Waals surface area contributed by atoms with Gasteiger partial charge in [-0.1, -0.05) is 35.5 Å². The average Bonchev–Trinajstić information content (AvgIpc) is 3.80. The molecule has 9 rings (SSSR count). The summed E-state index contributed by atoms with van der Waals surface area (Å²) in [7, 11) is 0. The number of hydrogen-bond donors (Lipinski definition) is 2. The fourth-order valence-electron chi connectivity index (χ4n) is 11.8. The van der Waals surface area contributed by atoms with Crippen LogP contribution in [-0.2, 0) is 73.2 Å². The highest BCUT2D eigenvalue weighted by molar-refractivity contribution is 6.19. The van der Waals surface area contributed by atoms with E-state index < -0.39 is 125 Å². The predicted octanol–water partition coefficient (Wildman–Crippen LogP) is 5.83. The summed E-state index contributed by atoms with van der Waals surface area (Å²) >= 11 is 0. The lowest BCUT2D eigenvalue weighted by atomic mass is 9.51. The molecule has 6 unspecified atom stereocenters. The maximum Gasteiger partial charge on any atom is 0.303 e. The number of piperidine rings is 1. The predicted molar refractivity (Wildman–Crippen MR) is 272 cm³/mol. The largest absolute Gasteiger partial charge is 0.482 e. The zero-order chi connectivity index (χ0) is 56.3. The first kappa shape index (κ1) is 56.3. The summed E-state index contributed by atoms with van der Waals surface area (Å²) in [5, 5.41) is 4.92. The number of rotatable bonds is 16. The van der Waals surface area contributed by atoms with Gasteiger partial charge in [-0.15, -0.1) is 0 Å². The number of hydrogen-bond acceptors (Lipinski definition) is 18. The van der Waals surface area contributed by atoms with Gasteiger partial charge in [-0.2, -0.15) is 0 Å². The number of fused-ring (bicyclic) bond motifs is 2. The van der Waals surface area contributed by atoms with Crippen LogP contribution in [0.2, 0.25) is 0 Å². The van der Waals surface area contributed by atoms with Gasteiger partial charge in [0.25, 0.3) is 0 Å². The summed E-state index contributed by atoms with van der Waals surface area (Å²) in [6.07, 6.45) is 4.19. The molecule has 4 bridgehead atoms. The first-order valence-corrected chi connectivity index (χ1v) is 26.0. The molecular weight excluding hydrogens is 1000 g/mol. The molecule has 20 heteroatoms.